The first-order valence-electron chi connectivity index (χ1n) is 8.05. The lowest BCUT2D eigenvalue weighted by Gasteiger charge is -2.47. The predicted octanol–water partition coefficient (Wildman–Crippen LogP) is 4.03. The minimum absolute atomic E-state index is 0.595. The van der Waals surface area contributed by atoms with Crippen LogP contribution in [0.3, 0.4) is 0 Å². The molecule has 1 aromatic carbocycles. The molecule has 1 N–H and O–H groups in total. The Morgan fingerprint density at radius 2 is 2.00 bits per heavy atom. The van der Waals surface area contributed by atoms with E-state index >= 15 is 0 Å². The third-order valence-electron chi connectivity index (χ3n) is 5.29. The van der Waals surface area contributed by atoms with Gasteiger partial charge in [0.2, 0.25) is 0 Å². The molecule has 2 unspecified atom stereocenters. The first-order valence-corrected chi connectivity index (χ1v) is 8.87. The summed E-state index contributed by atoms with van der Waals surface area (Å²) in [6.07, 6.45) is 6.67. The van der Waals surface area contributed by atoms with Crippen LogP contribution in [0.25, 0.3) is 10.2 Å². The second kappa shape index (κ2) is 5.25. The van der Waals surface area contributed by atoms with Gasteiger partial charge in [0.25, 0.3) is 0 Å². The van der Waals surface area contributed by atoms with E-state index in [2.05, 4.69) is 42.4 Å². The number of fused-ring (bicyclic) bond motifs is 3. The van der Waals surface area contributed by atoms with Crippen LogP contribution < -0.4 is 5.32 Å². The third kappa shape index (κ3) is 2.44. The second-order valence-corrected chi connectivity index (χ2v) is 7.69. The lowest BCUT2D eigenvalue weighted by Crippen LogP contribution is -2.52. The van der Waals surface area contributed by atoms with Crippen molar-refractivity contribution in [2.24, 2.45) is 0 Å². The molecule has 2 saturated heterocycles. The van der Waals surface area contributed by atoms with Crippen molar-refractivity contribution in [1.82, 2.24) is 9.88 Å². The molecule has 112 valence electrons. The summed E-state index contributed by atoms with van der Waals surface area (Å²) in [7, 11) is 2.31. The van der Waals surface area contributed by atoms with E-state index in [1.54, 1.807) is 11.3 Å². The largest absolute Gasteiger partial charge is 0.359 e. The van der Waals surface area contributed by atoms with E-state index in [-0.39, 0.29) is 0 Å². The number of aryl methyl sites for hydroxylation is 1. The SMILES string of the molecule is Cc1cccc2sc(NC3CC4CCCC(C3)N4C)nc12. The van der Waals surface area contributed by atoms with Crippen molar-refractivity contribution in [2.45, 2.75) is 57.2 Å². The molecule has 2 aliphatic heterocycles. The molecule has 2 aliphatic rings. The fourth-order valence-corrected chi connectivity index (χ4v) is 5.08. The summed E-state index contributed by atoms with van der Waals surface area (Å²) < 4.78 is 1.30. The number of anilines is 1. The number of hydrogen-bond donors (Lipinski definition) is 1. The molecule has 0 saturated carbocycles. The number of nitrogens with one attached hydrogen (secondary N) is 1. The van der Waals surface area contributed by atoms with Crippen molar-refractivity contribution in [3.8, 4) is 0 Å². The Kier molecular flexibility index (Phi) is 3.38. The molecule has 2 bridgehead atoms. The zero-order valence-corrected chi connectivity index (χ0v) is 13.6. The van der Waals surface area contributed by atoms with E-state index in [1.165, 1.54) is 42.4 Å². The van der Waals surface area contributed by atoms with Crippen LogP contribution in [0.5, 0.6) is 0 Å². The Hall–Kier alpha value is -1.13. The summed E-state index contributed by atoms with van der Waals surface area (Å²) in [5.74, 6) is 0. The van der Waals surface area contributed by atoms with Crippen molar-refractivity contribution in [3.63, 3.8) is 0 Å². The van der Waals surface area contributed by atoms with Gasteiger partial charge in [-0.1, -0.05) is 29.9 Å². The van der Waals surface area contributed by atoms with Gasteiger partial charge in [-0.25, -0.2) is 4.98 Å². The zero-order valence-electron chi connectivity index (χ0n) is 12.8. The quantitative estimate of drug-likeness (QED) is 0.907. The number of benzene rings is 1. The molecule has 2 atom stereocenters. The topological polar surface area (TPSA) is 28.2 Å². The molecule has 0 amide bonds. The third-order valence-corrected chi connectivity index (χ3v) is 6.24. The highest BCUT2D eigenvalue weighted by Gasteiger charge is 2.36. The predicted molar refractivity (Wildman–Crippen MR) is 90.2 cm³/mol. The van der Waals surface area contributed by atoms with Crippen LogP contribution in [0.4, 0.5) is 5.13 Å². The van der Waals surface area contributed by atoms with Crippen molar-refractivity contribution >= 4 is 26.7 Å². The van der Waals surface area contributed by atoms with Gasteiger partial charge in [-0.2, -0.15) is 0 Å². The number of para-hydroxylation sites is 1. The molecule has 4 heteroatoms. The minimum Gasteiger partial charge on any atom is -0.359 e. The number of rotatable bonds is 2. The van der Waals surface area contributed by atoms with Crippen molar-refractivity contribution in [3.05, 3.63) is 23.8 Å². The number of nitrogens with zero attached hydrogens (tertiary/aromatic N) is 2. The molecule has 2 aromatic rings. The van der Waals surface area contributed by atoms with Crippen LogP contribution in [0.15, 0.2) is 18.2 Å². The maximum atomic E-state index is 4.81. The van der Waals surface area contributed by atoms with E-state index < -0.39 is 0 Å². The summed E-state index contributed by atoms with van der Waals surface area (Å²) in [6.45, 7) is 2.14. The Bertz CT molecular complexity index is 637. The van der Waals surface area contributed by atoms with Gasteiger partial charge < -0.3 is 10.2 Å². The summed E-state index contributed by atoms with van der Waals surface area (Å²) >= 11 is 1.80. The maximum absolute atomic E-state index is 4.81. The van der Waals surface area contributed by atoms with Gasteiger partial charge in [0, 0.05) is 18.1 Å². The van der Waals surface area contributed by atoms with Gasteiger partial charge in [0.15, 0.2) is 5.13 Å². The highest BCUT2D eigenvalue weighted by Crippen LogP contribution is 2.35. The van der Waals surface area contributed by atoms with Gasteiger partial charge in [-0.15, -0.1) is 0 Å². The molecular formula is C17H23N3S. The zero-order chi connectivity index (χ0) is 14.4. The van der Waals surface area contributed by atoms with E-state index in [0.717, 1.165) is 22.7 Å². The van der Waals surface area contributed by atoms with Crippen LogP contribution >= 0.6 is 11.3 Å². The number of piperidine rings is 2. The molecule has 21 heavy (non-hydrogen) atoms. The highest BCUT2D eigenvalue weighted by atomic mass is 32.1. The molecule has 0 spiro atoms. The van der Waals surface area contributed by atoms with E-state index in [4.69, 9.17) is 4.98 Å². The Morgan fingerprint density at radius 1 is 1.24 bits per heavy atom. The van der Waals surface area contributed by atoms with Gasteiger partial charge in [0.1, 0.15) is 0 Å². The molecule has 2 fully saturated rings. The monoisotopic (exact) mass is 301 g/mol. The summed E-state index contributed by atoms with van der Waals surface area (Å²) in [5, 5.41) is 4.83. The van der Waals surface area contributed by atoms with E-state index in [1.807, 2.05) is 0 Å². The standard InChI is InChI=1S/C17H23N3S/c1-11-5-3-8-15-16(11)19-17(21-15)18-12-9-13-6-4-7-14(10-12)20(13)2/h3,5,8,12-14H,4,6-7,9-10H2,1-2H3,(H,18,19). The molecule has 3 heterocycles. The number of hydrogen-bond acceptors (Lipinski definition) is 4. The van der Waals surface area contributed by atoms with E-state index in [0.29, 0.717) is 6.04 Å². The Labute approximate surface area is 130 Å². The summed E-state index contributed by atoms with van der Waals surface area (Å²) in [4.78, 5) is 7.43. The highest BCUT2D eigenvalue weighted by molar-refractivity contribution is 7.22. The first-order chi connectivity index (χ1) is 10.2. The van der Waals surface area contributed by atoms with Crippen molar-refractivity contribution < 1.29 is 0 Å². The molecule has 0 radical (unpaired) electrons. The average molecular weight is 301 g/mol. The van der Waals surface area contributed by atoms with Gasteiger partial charge in [-0.3, -0.25) is 0 Å². The lowest BCUT2D eigenvalue weighted by molar-refractivity contribution is 0.0608. The van der Waals surface area contributed by atoms with Gasteiger partial charge in [-0.05, 0) is 51.3 Å². The van der Waals surface area contributed by atoms with Crippen LogP contribution in [0.2, 0.25) is 0 Å². The maximum Gasteiger partial charge on any atom is 0.184 e. The average Bonchev–Trinajstić information content (AvgIpc) is 2.84. The molecule has 4 rings (SSSR count). The Balaban J connectivity index is 1.54. The van der Waals surface area contributed by atoms with Gasteiger partial charge >= 0.3 is 0 Å². The Morgan fingerprint density at radius 3 is 2.71 bits per heavy atom. The number of thiazole rings is 1. The fraction of sp³-hybridized carbons (Fsp3) is 0.588. The molecule has 1 aromatic heterocycles. The first kappa shape index (κ1) is 13.5. The number of aromatic nitrogens is 1. The lowest BCUT2D eigenvalue weighted by atomic mass is 9.82. The van der Waals surface area contributed by atoms with Crippen molar-refractivity contribution in [2.75, 3.05) is 12.4 Å². The minimum atomic E-state index is 0.595. The summed E-state index contributed by atoms with van der Waals surface area (Å²) in [5.41, 5.74) is 2.44. The van der Waals surface area contributed by atoms with Crippen molar-refractivity contribution in [1.29, 1.82) is 0 Å². The fourth-order valence-electron chi connectivity index (χ4n) is 4.06. The van der Waals surface area contributed by atoms with Crippen LogP contribution in [0, 0.1) is 6.92 Å². The van der Waals surface area contributed by atoms with Crippen LogP contribution in [0.1, 0.15) is 37.7 Å². The normalized spacial score (nSPS) is 29.7. The second-order valence-electron chi connectivity index (χ2n) is 6.66. The van der Waals surface area contributed by atoms with Crippen LogP contribution in [-0.2, 0) is 0 Å². The molecule has 3 nitrogen and oxygen atoms in total. The molecule has 0 aliphatic carbocycles. The van der Waals surface area contributed by atoms with Gasteiger partial charge in [0.05, 0.1) is 10.2 Å². The van der Waals surface area contributed by atoms with E-state index in [9.17, 15) is 0 Å². The molecular weight excluding hydrogens is 278 g/mol. The van der Waals surface area contributed by atoms with Crippen LogP contribution in [-0.4, -0.2) is 35.1 Å². The summed E-state index contributed by atoms with van der Waals surface area (Å²) in [6, 6.07) is 8.58. The smallest absolute Gasteiger partial charge is 0.184 e.